The van der Waals surface area contributed by atoms with Crippen molar-refractivity contribution < 1.29 is 9.47 Å². The average molecular weight is 322 g/mol. The van der Waals surface area contributed by atoms with Gasteiger partial charge in [-0.1, -0.05) is 0 Å². The van der Waals surface area contributed by atoms with Gasteiger partial charge in [-0.2, -0.15) is 0 Å². The number of anilines is 1. The first-order valence-electron chi connectivity index (χ1n) is 5.83. The van der Waals surface area contributed by atoms with E-state index in [2.05, 4.69) is 31.2 Å². The quantitative estimate of drug-likeness (QED) is 0.942. The Hall–Kier alpha value is -1.82. The molecule has 2 heterocycles. The first-order valence-corrected chi connectivity index (χ1v) is 6.62. The Kier molecular flexibility index (Phi) is 3.25. The molecule has 3 rings (SSSR count). The highest BCUT2D eigenvalue weighted by Gasteiger charge is 2.17. The van der Waals surface area contributed by atoms with Crippen LogP contribution in [0.5, 0.6) is 11.5 Å². The van der Waals surface area contributed by atoms with Crippen molar-refractivity contribution in [2.45, 2.75) is 13.5 Å². The number of halogens is 1. The van der Waals surface area contributed by atoms with Gasteiger partial charge >= 0.3 is 0 Å². The lowest BCUT2D eigenvalue weighted by Crippen LogP contribution is -2.02. The summed E-state index contributed by atoms with van der Waals surface area (Å²) in [5, 5.41) is 3.25. The normalized spacial score (nSPS) is 12.5. The minimum Gasteiger partial charge on any atom is -0.454 e. The van der Waals surface area contributed by atoms with Crippen LogP contribution in [0.1, 0.15) is 11.3 Å². The molecule has 0 atom stereocenters. The van der Waals surface area contributed by atoms with Crippen LogP contribution in [0.25, 0.3) is 0 Å². The van der Waals surface area contributed by atoms with Gasteiger partial charge in [0.05, 0.1) is 4.47 Å². The molecule has 0 saturated carbocycles. The van der Waals surface area contributed by atoms with Gasteiger partial charge in [-0.15, -0.1) is 0 Å². The summed E-state index contributed by atoms with van der Waals surface area (Å²) >= 11 is 3.48. The Morgan fingerprint density at radius 3 is 3.00 bits per heavy atom. The molecule has 1 aromatic carbocycles. The number of nitrogens with zero attached hydrogens (tertiary/aromatic N) is 2. The number of fused-ring (bicyclic) bond motifs is 1. The zero-order valence-electron chi connectivity index (χ0n) is 10.3. The summed E-state index contributed by atoms with van der Waals surface area (Å²) in [5.41, 5.74) is 2.02. The van der Waals surface area contributed by atoms with Gasteiger partial charge < -0.3 is 14.8 Å². The van der Waals surface area contributed by atoms with Crippen LogP contribution < -0.4 is 14.8 Å². The predicted octanol–water partition coefficient (Wildman–Crippen LogP) is 2.89. The second kappa shape index (κ2) is 5.05. The Labute approximate surface area is 119 Å². The number of hydrogen-bond acceptors (Lipinski definition) is 5. The highest BCUT2D eigenvalue weighted by molar-refractivity contribution is 9.10. The van der Waals surface area contributed by atoms with Crippen LogP contribution in [0.4, 0.5) is 5.82 Å². The van der Waals surface area contributed by atoms with Gasteiger partial charge in [0, 0.05) is 18.3 Å². The number of benzene rings is 1. The topological polar surface area (TPSA) is 56.3 Å². The van der Waals surface area contributed by atoms with E-state index in [9.17, 15) is 0 Å². The first kappa shape index (κ1) is 12.2. The van der Waals surface area contributed by atoms with E-state index in [0.29, 0.717) is 6.54 Å². The third-order valence-electron chi connectivity index (χ3n) is 2.76. The van der Waals surface area contributed by atoms with E-state index in [0.717, 1.165) is 33.0 Å². The van der Waals surface area contributed by atoms with Gasteiger partial charge in [0.15, 0.2) is 11.5 Å². The van der Waals surface area contributed by atoms with Crippen LogP contribution in [0.15, 0.2) is 29.0 Å². The molecule has 0 aliphatic carbocycles. The molecule has 1 N–H and O–H groups in total. The third kappa shape index (κ3) is 2.63. The fourth-order valence-corrected chi connectivity index (χ4v) is 2.47. The average Bonchev–Trinajstić information content (AvgIpc) is 2.85. The van der Waals surface area contributed by atoms with Crippen LogP contribution in [0, 0.1) is 6.92 Å². The van der Waals surface area contributed by atoms with Crippen molar-refractivity contribution in [3.8, 4) is 11.5 Å². The van der Waals surface area contributed by atoms with E-state index < -0.39 is 0 Å². The molecule has 19 heavy (non-hydrogen) atoms. The zero-order valence-corrected chi connectivity index (χ0v) is 11.9. The summed E-state index contributed by atoms with van der Waals surface area (Å²) < 4.78 is 11.6. The van der Waals surface area contributed by atoms with Gasteiger partial charge in [-0.3, -0.25) is 0 Å². The maximum absolute atomic E-state index is 5.39. The number of hydrogen-bond donors (Lipinski definition) is 1. The monoisotopic (exact) mass is 321 g/mol. The molecule has 98 valence electrons. The molecule has 0 fully saturated rings. The van der Waals surface area contributed by atoms with Gasteiger partial charge in [0.25, 0.3) is 0 Å². The highest BCUT2D eigenvalue weighted by Crippen LogP contribution is 2.40. The smallest absolute Gasteiger partial charge is 0.231 e. The van der Waals surface area contributed by atoms with Crippen molar-refractivity contribution in [2.75, 3.05) is 12.1 Å². The molecule has 0 spiro atoms. The van der Waals surface area contributed by atoms with Gasteiger partial charge in [-0.05, 0) is 40.5 Å². The Balaban J connectivity index is 1.76. The molecule has 6 heteroatoms. The van der Waals surface area contributed by atoms with Crippen LogP contribution in [-0.2, 0) is 6.54 Å². The first-order chi connectivity index (χ1) is 9.22. The maximum atomic E-state index is 5.39. The molecule has 1 aliphatic heterocycles. The van der Waals surface area contributed by atoms with Crippen molar-refractivity contribution in [1.82, 2.24) is 9.97 Å². The van der Waals surface area contributed by atoms with Crippen molar-refractivity contribution >= 4 is 21.7 Å². The highest BCUT2D eigenvalue weighted by atomic mass is 79.9. The molecule has 1 aliphatic rings. The van der Waals surface area contributed by atoms with Crippen molar-refractivity contribution in [3.05, 3.63) is 40.3 Å². The van der Waals surface area contributed by atoms with Crippen molar-refractivity contribution in [3.63, 3.8) is 0 Å². The van der Waals surface area contributed by atoms with Crippen LogP contribution in [0.2, 0.25) is 0 Å². The summed E-state index contributed by atoms with van der Waals surface area (Å²) in [6, 6.07) is 5.88. The Morgan fingerprint density at radius 1 is 1.26 bits per heavy atom. The van der Waals surface area contributed by atoms with Crippen LogP contribution >= 0.6 is 15.9 Å². The molecule has 0 unspecified atom stereocenters. The molecule has 5 nitrogen and oxygen atoms in total. The van der Waals surface area contributed by atoms with Crippen LogP contribution in [0.3, 0.4) is 0 Å². The van der Waals surface area contributed by atoms with Crippen molar-refractivity contribution in [2.24, 2.45) is 0 Å². The largest absolute Gasteiger partial charge is 0.454 e. The number of aromatic nitrogens is 2. The Bertz CT molecular complexity index is 619. The lowest BCUT2D eigenvalue weighted by molar-refractivity contribution is 0.173. The van der Waals surface area contributed by atoms with E-state index in [-0.39, 0.29) is 6.79 Å². The predicted molar refractivity (Wildman–Crippen MR) is 74.4 cm³/mol. The van der Waals surface area contributed by atoms with Crippen molar-refractivity contribution in [1.29, 1.82) is 0 Å². The van der Waals surface area contributed by atoms with E-state index >= 15 is 0 Å². The fraction of sp³-hybridized carbons (Fsp3) is 0.231. The molecule has 0 saturated heterocycles. The minimum absolute atomic E-state index is 0.274. The number of nitrogens with one attached hydrogen (secondary N) is 1. The van der Waals surface area contributed by atoms with E-state index in [1.807, 2.05) is 25.1 Å². The molecule has 0 bridgehead atoms. The maximum Gasteiger partial charge on any atom is 0.231 e. The molecule has 2 aromatic rings. The van der Waals surface area contributed by atoms with Gasteiger partial charge in [0.2, 0.25) is 6.79 Å². The molecule has 0 radical (unpaired) electrons. The van der Waals surface area contributed by atoms with E-state index in [1.165, 1.54) is 0 Å². The minimum atomic E-state index is 0.274. The number of ether oxygens (including phenoxy) is 2. The lowest BCUT2D eigenvalue weighted by atomic mass is 10.2. The molecule has 0 amide bonds. The fourth-order valence-electron chi connectivity index (χ4n) is 1.87. The summed E-state index contributed by atoms with van der Waals surface area (Å²) in [6.07, 6.45) is 1.55. The summed E-state index contributed by atoms with van der Waals surface area (Å²) in [5.74, 6) is 2.34. The summed E-state index contributed by atoms with van der Waals surface area (Å²) in [4.78, 5) is 8.22. The van der Waals surface area contributed by atoms with E-state index in [1.54, 1.807) is 6.33 Å². The molecular weight excluding hydrogens is 310 g/mol. The second-order valence-electron chi connectivity index (χ2n) is 4.21. The molecule has 1 aromatic heterocycles. The molecular formula is C13H12BrN3O2. The van der Waals surface area contributed by atoms with Gasteiger partial charge in [-0.25, -0.2) is 9.97 Å². The summed E-state index contributed by atoms with van der Waals surface area (Å²) in [6.45, 7) is 2.87. The summed E-state index contributed by atoms with van der Waals surface area (Å²) in [7, 11) is 0. The second-order valence-corrected chi connectivity index (χ2v) is 5.06. The standard InChI is InChI=1S/C13H12BrN3O2/c1-8-2-12(17-6-16-8)15-5-9-3-10(14)13-11(4-9)18-7-19-13/h2-4,6H,5,7H2,1H3,(H,15,16,17). The Morgan fingerprint density at radius 2 is 2.16 bits per heavy atom. The van der Waals surface area contributed by atoms with Gasteiger partial charge in [0.1, 0.15) is 12.1 Å². The zero-order chi connectivity index (χ0) is 13.2. The number of rotatable bonds is 3. The lowest BCUT2D eigenvalue weighted by Gasteiger charge is -2.08. The van der Waals surface area contributed by atoms with E-state index in [4.69, 9.17) is 9.47 Å². The number of aryl methyl sites for hydroxylation is 1. The van der Waals surface area contributed by atoms with Crippen LogP contribution in [-0.4, -0.2) is 16.8 Å². The third-order valence-corrected chi connectivity index (χ3v) is 3.35. The SMILES string of the molecule is Cc1cc(NCc2cc(Br)c3c(c2)OCO3)ncn1.